The Morgan fingerprint density at radius 1 is 1.18 bits per heavy atom. The summed E-state index contributed by atoms with van der Waals surface area (Å²) in [7, 11) is 0. The van der Waals surface area contributed by atoms with Crippen LogP contribution < -0.4 is 0 Å². The molecule has 11 heavy (non-hydrogen) atoms. The van der Waals surface area contributed by atoms with Crippen molar-refractivity contribution in [3.63, 3.8) is 0 Å². The Labute approximate surface area is 73.7 Å². The lowest BCUT2D eigenvalue weighted by Gasteiger charge is -2.18. The van der Waals surface area contributed by atoms with Crippen LogP contribution in [0.1, 0.15) is 19.3 Å². The predicted molar refractivity (Wildman–Crippen MR) is 48.0 cm³/mol. The summed E-state index contributed by atoms with van der Waals surface area (Å²) in [5, 5.41) is 0. The van der Waals surface area contributed by atoms with Gasteiger partial charge in [0.05, 0.1) is 0 Å². The van der Waals surface area contributed by atoms with Crippen LogP contribution in [0.3, 0.4) is 0 Å². The normalized spacial score (nSPS) is 37.9. The van der Waals surface area contributed by atoms with E-state index in [1.54, 1.807) is 0 Å². The molecule has 1 aliphatic carbocycles. The molecular weight excluding hydrogens is 158 g/mol. The fourth-order valence-corrected chi connectivity index (χ4v) is 2.41. The summed E-state index contributed by atoms with van der Waals surface area (Å²) in [4.78, 5) is 2.51. The van der Waals surface area contributed by atoms with E-state index < -0.39 is 0 Å². The van der Waals surface area contributed by atoms with E-state index in [4.69, 9.17) is 11.6 Å². The van der Waals surface area contributed by atoms with Gasteiger partial charge in [-0.2, -0.15) is 0 Å². The Morgan fingerprint density at radius 3 is 2.36 bits per heavy atom. The highest BCUT2D eigenvalue weighted by Crippen LogP contribution is 2.45. The van der Waals surface area contributed by atoms with Gasteiger partial charge in [0, 0.05) is 12.4 Å². The fraction of sp³-hybridized carbons (Fsp3) is 1.00. The van der Waals surface area contributed by atoms with E-state index in [2.05, 4.69) is 4.90 Å². The van der Waals surface area contributed by atoms with Gasteiger partial charge in [-0.1, -0.05) is 0 Å². The number of hydrogen-bond acceptors (Lipinski definition) is 1. The highest BCUT2D eigenvalue weighted by atomic mass is 35.5. The molecule has 0 bridgehead atoms. The maximum atomic E-state index is 5.69. The lowest BCUT2D eigenvalue weighted by atomic mass is 10.2. The summed E-state index contributed by atoms with van der Waals surface area (Å²) < 4.78 is 0. The first-order chi connectivity index (χ1) is 5.40. The van der Waals surface area contributed by atoms with Gasteiger partial charge in [-0.25, -0.2) is 0 Å². The molecule has 0 radical (unpaired) electrons. The molecule has 2 aliphatic rings. The summed E-state index contributed by atoms with van der Waals surface area (Å²) >= 11 is 5.69. The van der Waals surface area contributed by atoms with Crippen molar-refractivity contribution in [2.75, 3.05) is 25.5 Å². The van der Waals surface area contributed by atoms with Crippen molar-refractivity contribution in [1.29, 1.82) is 0 Å². The number of halogens is 1. The van der Waals surface area contributed by atoms with Crippen LogP contribution in [0.5, 0.6) is 0 Å². The number of alkyl halides is 1. The van der Waals surface area contributed by atoms with Gasteiger partial charge in [0.1, 0.15) is 0 Å². The van der Waals surface area contributed by atoms with Gasteiger partial charge in [0.15, 0.2) is 0 Å². The minimum atomic E-state index is 0.801. The lowest BCUT2D eigenvalue weighted by molar-refractivity contribution is 0.291. The molecule has 1 saturated carbocycles. The Bertz CT molecular complexity index is 126. The number of nitrogens with zero attached hydrogens (tertiary/aromatic N) is 1. The molecule has 0 aromatic rings. The van der Waals surface area contributed by atoms with E-state index in [9.17, 15) is 0 Å². The van der Waals surface area contributed by atoms with Gasteiger partial charge in [0.2, 0.25) is 0 Å². The van der Waals surface area contributed by atoms with Gasteiger partial charge in [-0.3, -0.25) is 0 Å². The molecule has 1 aliphatic heterocycles. The molecule has 1 unspecified atom stereocenters. The van der Waals surface area contributed by atoms with E-state index in [1.807, 2.05) is 0 Å². The topological polar surface area (TPSA) is 3.24 Å². The van der Waals surface area contributed by atoms with Crippen LogP contribution in [0.2, 0.25) is 0 Å². The highest BCUT2D eigenvalue weighted by Gasteiger charge is 2.38. The molecular formula is C9H16ClN. The maximum Gasteiger partial charge on any atom is 0.0351 e. The van der Waals surface area contributed by atoms with E-state index in [1.165, 1.54) is 32.4 Å². The quantitative estimate of drug-likeness (QED) is 0.578. The second-order valence-corrected chi connectivity index (χ2v) is 4.24. The third-order valence-electron chi connectivity index (χ3n) is 3.10. The molecule has 0 aromatic carbocycles. The van der Waals surface area contributed by atoms with Crippen molar-refractivity contribution >= 4 is 11.6 Å². The van der Waals surface area contributed by atoms with E-state index >= 15 is 0 Å². The molecule has 0 N–H and O–H groups in total. The lowest BCUT2D eigenvalue weighted by Crippen LogP contribution is -2.27. The second kappa shape index (κ2) is 3.32. The SMILES string of the molecule is ClCCN1CCC2C[C@@H]2CC1. The van der Waals surface area contributed by atoms with Crippen LogP contribution in [-0.4, -0.2) is 30.4 Å². The first-order valence-electron chi connectivity index (χ1n) is 4.68. The monoisotopic (exact) mass is 173 g/mol. The van der Waals surface area contributed by atoms with Gasteiger partial charge >= 0.3 is 0 Å². The van der Waals surface area contributed by atoms with Crippen LogP contribution >= 0.6 is 11.6 Å². The Morgan fingerprint density at radius 2 is 1.82 bits per heavy atom. The predicted octanol–water partition coefficient (Wildman–Crippen LogP) is 1.96. The third-order valence-corrected chi connectivity index (χ3v) is 3.27. The zero-order valence-corrected chi connectivity index (χ0v) is 7.69. The number of fused-ring (bicyclic) bond motifs is 1. The summed E-state index contributed by atoms with van der Waals surface area (Å²) in [6, 6.07) is 0. The van der Waals surface area contributed by atoms with Crippen molar-refractivity contribution in [2.45, 2.75) is 19.3 Å². The minimum absolute atomic E-state index is 0.801. The molecule has 2 heteroatoms. The van der Waals surface area contributed by atoms with Crippen molar-refractivity contribution in [2.24, 2.45) is 11.8 Å². The van der Waals surface area contributed by atoms with Crippen LogP contribution in [-0.2, 0) is 0 Å². The van der Waals surface area contributed by atoms with Crippen LogP contribution in [0, 0.1) is 11.8 Å². The standard InChI is InChI=1S/C9H16ClN/c10-3-6-11-4-1-8-7-9(8)2-5-11/h8-9H,1-7H2/t8-,9?/m0/s1. The fourth-order valence-electron chi connectivity index (χ4n) is 2.17. The average molecular weight is 174 g/mol. The number of likely N-dealkylation sites (tertiary alicyclic amines) is 1. The summed E-state index contributed by atoms with van der Waals surface area (Å²) in [6.45, 7) is 3.70. The molecule has 0 amide bonds. The Balaban J connectivity index is 1.77. The van der Waals surface area contributed by atoms with Crippen molar-refractivity contribution < 1.29 is 0 Å². The summed E-state index contributed by atoms with van der Waals surface area (Å²) in [5.74, 6) is 2.99. The molecule has 0 aromatic heterocycles. The molecule has 64 valence electrons. The largest absolute Gasteiger partial charge is 0.302 e. The molecule has 1 nitrogen and oxygen atoms in total. The minimum Gasteiger partial charge on any atom is -0.302 e. The van der Waals surface area contributed by atoms with Crippen molar-refractivity contribution in [3.05, 3.63) is 0 Å². The molecule has 1 heterocycles. The van der Waals surface area contributed by atoms with Gasteiger partial charge in [0.25, 0.3) is 0 Å². The average Bonchev–Trinajstić information content (AvgIpc) is 2.71. The van der Waals surface area contributed by atoms with E-state index in [0.717, 1.165) is 24.3 Å². The first-order valence-corrected chi connectivity index (χ1v) is 5.22. The Hall–Kier alpha value is 0.250. The molecule has 0 spiro atoms. The number of hydrogen-bond donors (Lipinski definition) is 0. The zero-order valence-electron chi connectivity index (χ0n) is 6.93. The van der Waals surface area contributed by atoms with Gasteiger partial charge in [-0.15, -0.1) is 11.6 Å². The van der Waals surface area contributed by atoms with Gasteiger partial charge in [-0.05, 0) is 44.2 Å². The molecule has 2 atom stereocenters. The second-order valence-electron chi connectivity index (χ2n) is 3.86. The van der Waals surface area contributed by atoms with Crippen LogP contribution in [0.15, 0.2) is 0 Å². The Kier molecular flexibility index (Phi) is 2.38. The molecule has 2 fully saturated rings. The first kappa shape index (κ1) is 7.88. The molecule has 1 saturated heterocycles. The van der Waals surface area contributed by atoms with Crippen LogP contribution in [0.4, 0.5) is 0 Å². The van der Waals surface area contributed by atoms with E-state index in [0.29, 0.717) is 0 Å². The smallest absolute Gasteiger partial charge is 0.0351 e. The van der Waals surface area contributed by atoms with Crippen LogP contribution in [0.25, 0.3) is 0 Å². The summed E-state index contributed by atoms with van der Waals surface area (Å²) in [6.07, 6.45) is 4.39. The molecule has 2 rings (SSSR count). The maximum absolute atomic E-state index is 5.69. The van der Waals surface area contributed by atoms with E-state index in [-0.39, 0.29) is 0 Å². The van der Waals surface area contributed by atoms with Gasteiger partial charge < -0.3 is 4.90 Å². The third kappa shape index (κ3) is 1.88. The highest BCUT2D eigenvalue weighted by molar-refractivity contribution is 6.18. The zero-order chi connectivity index (χ0) is 7.68. The van der Waals surface area contributed by atoms with Crippen molar-refractivity contribution in [3.8, 4) is 0 Å². The van der Waals surface area contributed by atoms with Crippen molar-refractivity contribution in [1.82, 2.24) is 4.90 Å². The summed E-state index contributed by atoms with van der Waals surface area (Å²) in [5.41, 5.74) is 0. The number of rotatable bonds is 2.